The Morgan fingerprint density at radius 1 is 0.789 bits per heavy atom. The fourth-order valence-electron chi connectivity index (χ4n) is 2.66. The molecule has 0 aromatic heterocycles. The highest BCUT2D eigenvalue weighted by molar-refractivity contribution is 5.78. The minimum absolute atomic E-state index is 0.0591. The van der Waals surface area contributed by atoms with Gasteiger partial charge in [-0.05, 0) is 11.6 Å². The molecule has 2 aromatic rings. The van der Waals surface area contributed by atoms with Gasteiger partial charge in [0.1, 0.15) is 0 Å². The lowest BCUT2D eigenvalue weighted by molar-refractivity contribution is 0.642. The summed E-state index contributed by atoms with van der Waals surface area (Å²) in [4.78, 5) is 2.29. The molecule has 0 unspecified atom stereocenters. The largest absolute Gasteiger partial charge is 0.368 e. The molecule has 98 valence electrons. The minimum atomic E-state index is 0.0591. The van der Waals surface area contributed by atoms with Crippen molar-refractivity contribution in [2.75, 3.05) is 18.0 Å². The Bertz CT molecular complexity index is 543. The number of anilines is 1. The standard InChI is InChI=1S/C16H19N3/c17-14-10-19(11-15(14)18)16-9-5-4-8-13(16)12-6-2-1-3-7-12/h1-9,14-15H,10-11,17-18H2/t14-,15-/m1/s1. The summed E-state index contributed by atoms with van der Waals surface area (Å²) in [6.45, 7) is 1.65. The Balaban J connectivity index is 1.99. The number of rotatable bonds is 2. The van der Waals surface area contributed by atoms with Gasteiger partial charge in [-0.15, -0.1) is 0 Å². The van der Waals surface area contributed by atoms with E-state index >= 15 is 0 Å². The molecule has 0 saturated carbocycles. The first-order valence-electron chi connectivity index (χ1n) is 6.66. The van der Waals surface area contributed by atoms with E-state index in [4.69, 9.17) is 11.5 Å². The predicted octanol–water partition coefficient (Wildman–Crippen LogP) is 1.83. The number of hydrogen-bond donors (Lipinski definition) is 2. The maximum absolute atomic E-state index is 6.03. The third-order valence-corrected chi connectivity index (χ3v) is 3.74. The van der Waals surface area contributed by atoms with Gasteiger partial charge in [0.25, 0.3) is 0 Å². The molecule has 0 bridgehead atoms. The summed E-state index contributed by atoms with van der Waals surface area (Å²) in [6.07, 6.45) is 0. The molecule has 1 fully saturated rings. The molecule has 4 N–H and O–H groups in total. The molecule has 3 nitrogen and oxygen atoms in total. The highest BCUT2D eigenvalue weighted by Gasteiger charge is 2.28. The van der Waals surface area contributed by atoms with Gasteiger partial charge in [-0.3, -0.25) is 0 Å². The van der Waals surface area contributed by atoms with Gasteiger partial charge in [-0.25, -0.2) is 0 Å². The fourth-order valence-corrected chi connectivity index (χ4v) is 2.66. The van der Waals surface area contributed by atoms with Crippen LogP contribution in [0.5, 0.6) is 0 Å². The summed E-state index contributed by atoms with van der Waals surface area (Å²) in [7, 11) is 0. The predicted molar refractivity (Wildman–Crippen MR) is 80.0 cm³/mol. The molecule has 0 radical (unpaired) electrons. The molecule has 19 heavy (non-hydrogen) atoms. The van der Waals surface area contributed by atoms with E-state index in [9.17, 15) is 0 Å². The van der Waals surface area contributed by atoms with Crippen LogP contribution in [0.4, 0.5) is 5.69 Å². The lowest BCUT2D eigenvalue weighted by Crippen LogP contribution is -2.39. The van der Waals surface area contributed by atoms with Crippen molar-refractivity contribution >= 4 is 5.69 Å². The summed E-state index contributed by atoms with van der Waals surface area (Å²) >= 11 is 0. The minimum Gasteiger partial charge on any atom is -0.368 e. The van der Waals surface area contributed by atoms with E-state index in [2.05, 4.69) is 53.4 Å². The molecule has 1 aliphatic heterocycles. The van der Waals surface area contributed by atoms with Crippen LogP contribution in [-0.2, 0) is 0 Å². The van der Waals surface area contributed by atoms with Crippen molar-refractivity contribution in [3.8, 4) is 11.1 Å². The van der Waals surface area contributed by atoms with Crippen molar-refractivity contribution in [2.45, 2.75) is 12.1 Å². The van der Waals surface area contributed by atoms with Crippen LogP contribution in [0.3, 0.4) is 0 Å². The van der Waals surface area contributed by atoms with Crippen molar-refractivity contribution in [3.63, 3.8) is 0 Å². The molecule has 1 saturated heterocycles. The fraction of sp³-hybridized carbons (Fsp3) is 0.250. The third kappa shape index (κ3) is 2.35. The van der Waals surface area contributed by atoms with Crippen molar-refractivity contribution in [1.29, 1.82) is 0 Å². The number of nitrogens with zero attached hydrogens (tertiary/aromatic N) is 1. The van der Waals surface area contributed by atoms with Crippen LogP contribution in [0.25, 0.3) is 11.1 Å². The molecule has 0 spiro atoms. The van der Waals surface area contributed by atoms with Gasteiger partial charge in [0.15, 0.2) is 0 Å². The van der Waals surface area contributed by atoms with E-state index in [-0.39, 0.29) is 12.1 Å². The first kappa shape index (κ1) is 12.2. The van der Waals surface area contributed by atoms with E-state index in [1.54, 1.807) is 0 Å². The Morgan fingerprint density at radius 2 is 1.37 bits per heavy atom. The molecule has 3 rings (SSSR count). The molecule has 3 heteroatoms. The van der Waals surface area contributed by atoms with E-state index in [1.165, 1.54) is 16.8 Å². The van der Waals surface area contributed by atoms with Gasteiger partial charge in [-0.2, -0.15) is 0 Å². The first-order valence-corrected chi connectivity index (χ1v) is 6.66. The molecule has 1 heterocycles. The van der Waals surface area contributed by atoms with Gasteiger partial charge >= 0.3 is 0 Å². The summed E-state index contributed by atoms with van der Waals surface area (Å²) in [6, 6.07) is 19.0. The molecule has 0 amide bonds. The maximum Gasteiger partial charge on any atom is 0.0447 e. The number of benzene rings is 2. The Morgan fingerprint density at radius 3 is 2.05 bits per heavy atom. The molecular weight excluding hydrogens is 234 g/mol. The molecular formula is C16H19N3. The summed E-state index contributed by atoms with van der Waals surface area (Å²) in [5.74, 6) is 0. The number of para-hydroxylation sites is 1. The quantitative estimate of drug-likeness (QED) is 0.858. The van der Waals surface area contributed by atoms with Crippen LogP contribution in [0.1, 0.15) is 0 Å². The van der Waals surface area contributed by atoms with Crippen LogP contribution in [0.15, 0.2) is 54.6 Å². The van der Waals surface area contributed by atoms with Crippen LogP contribution in [0, 0.1) is 0 Å². The summed E-state index contributed by atoms with van der Waals surface area (Å²) < 4.78 is 0. The van der Waals surface area contributed by atoms with Crippen LogP contribution in [0.2, 0.25) is 0 Å². The second-order valence-corrected chi connectivity index (χ2v) is 5.12. The SMILES string of the molecule is N[C@@H]1CN(c2ccccc2-c2ccccc2)C[C@H]1N. The molecule has 2 aromatic carbocycles. The van der Waals surface area contributed by atoms with E-state index < -0.39 is 0 Å². The number of nitrogens with two attached hydrogens (primary N) is 2. The highest BCUT2D eigenvalue weighted by atomic mass is 15.2. The smallest absolute Gasteiger partial charge is 0.0447 e. The zero-order chi connectivity index (χ0) is 13.2. The monoisotopic (exact) mass is 253 g/mol. The Labute approximate surface area is 113 Å². The molecule has 0 aliphatic carbocycles. The lowest BCUT2D eigenvalue weighted by atomic mass is 10.0. The number of hydrogen-bond acceptors (Lipinski definition) is 3. The normalized spacial score (nSPS) is 22.7. The summed E-state index contributed by atoms with van der Waals surface area (Å²) in [5, 5.41) is 0. The van der Waals surface area contributed by atoms with Crippen LogP contribution < -0.4 is 16.4 Å². The Kier molecular flexibility index (Phi) is 3.23. The van der Waals surface area contributed by atoms with E-state index in [0.29, 0.717) is 0 Å². The topological polar surface area (TPSA) is 55.3 Å². The highest BCUT2D eigenvalue weighted by Crippen LogP contribution is 2.32. The lowest BCUT2D eigenvalue weighted by Gasteiger charge is -2.21. The van der Waals surface area contributed by atoms with Gasteiger partial charge < -0.3 is 16.4 Å². The van der Waals surface area contributed by atoms with Gasteiger partial charge in [0, 0.05) is 36.4 Å². The van der Waals surface area contributed by atoms with Gasteiger partial charge in [0.05, 0.1) is 0 Å². The molecule has 1 aliphatic rings. The second-order valence-electron chi connectivity index (χ2n) is 5.12. The zero-order valence-electron chi connectivity index (χ0n) is 10.9. The van der Waals surface area contributed by atoms with E-state index in [0.717, 1.165) is 13.1 Å². The first-order chi connectivity index (χ1) is 9.25. The maximum atomic E-state index is 6.03. The second kappa shape index (κ2) is 5.03. The zero-order valence-corrected chi connectivity index (χ0v) is 10.9. The van der Waals surface area contributed by atoms with Crippen molar-refractivity contribution in [2.24, 2.45) is 11.5 Å². The van der Waals surface area contributed by atoms with Crippen LogP contribution in [-0.4, -0.2) is 25.2 Å². The average Bonchev–Trinajstić information content (AvgIpc) is 2.80. The third-order valence-electron chi connectivity index (χ3n) is 3.74. The van der Waals surface area contributed by atoms with Crippen LogP contribution >= 0.6 is 0 Å². The Hall–Kier alpha value is -1.84. The van der Waals surface area contributed by atoms with Crippen molar-refractivity contribution in [3.05, 3.63) is 54.6 Å². The summed E-state index contributed by atoms with van der Waals surface area (Å²) in [5.41, 5.74) is 15.7. The average molecular weight is 253 g/mol. The van der Waals surface area contributed by atoms with Gasteiger partial charge in [-0.1, -0.05) is 48.5 Å². The molecule has 2 atom stereocenters. The van der Waals surface area contributed by atoms with Crippen molar-refractivity contribution in [1.82, 2.24) is 0 Å². The van der Waals surface area contributed by atoms with E-state index in [1.807, 2.05) is 6.07 Å². The van der Waals surface area contributed by atoms with Gasteiger partial charge in [0.2, 0.25) is 0 Å². The van der Waals surface area contributed by atoms with Crippen molar-refractivity contribution < 1.29 is 0 Å².